The van der Waals surface area contributed by atoms with Gasteiger partial charge in [0.1, 0.15) is 0 Å². The van der Waals surface area contributed by atoms with Gasteiger partial charge in [-0.15, -0.1) is 0 Å². The molecule has 0 radical (unpaired) electrons. The second kappa shape index (κ2) is 6.60. The third-order valence-corrected chi connectivity index (χ3v) is 4.74. The number of unbranched alkanes of at least 4 members (excludes halogenated alkanes) is 2. The van der Waals surface area contributed by atoms with Gasteiger partial charge in [0.05, 0.1) is 16.9 Å². The Kier molecular flexibility index (Phi) is 4.58. The minimum absolute atomic E-state index is 1.05. The summed E-state index contributed by atoms with van der Waals surface area (Å²) in [6.45, 7) is 2.24. The zero-order valence-corrected chi connectivity index (χ0v) is 14.4. The van der Waals surface area contributed by atoms with Gasteiger partial charge in [-0.3, -0.25) is 0 Å². The van der Waals surface area contributed by atoms with Gasteiger partial charge in [-0.1, -0.05) is 50.1 Å². The average molecular weight is 390 g/mol. The van der Waals surface area contributed by atoms with Crippen molar-refractivity contribution < 1.29 is 0 Å². The van der Waals surface area contributed by atoms with Crippen LogP contribution < -0.4 is 0 Å². The minimum atomic E-state index is 1.05. The van der Waals surface area contributed by atoms with Crippen LogP contribution in [0.25, 0.3) is 16.8 Å². The molecule has 0 bridgehead atoms. The van der Waals surface area contributed by atoms with Crippen LogP contribution >= 0.6 is 22.6 Å². The highest BCUT2D eigenvalue weighted by molar-refractivity contribution is 14.1. The Bertz CT molecular complexity index is 732. The first-order valence-corrected chi connectivity index (χ1v) is 8.60. The lowest BCUT2D eigenvalue weighted by Gasteiger charge is -2.07. The summed E-state index contributed by atoms with van der Waals surface area (Å²) in [6.07, 6.45) is 4.85. The van der Waals surface area contributed by atoms with Gasteiger partial charge in [0.25, 0.3) is 0 Å². The Morgan fingerprint density at radius 2 is 1.86 bits per heavy atom. The van der Waals surface area contributed by atoms with Gasteiger partial charge in [0, 0.05) is 9.13 Å². The van der Waals surface area contributed by atoms with E-state index < -0.39 is 0 Å². The number of hydrogen-bond donors (Lipinski definition) is 0. The fraction of sp³-hybridized carbons (Fsp3) is 0.278. The Morgan fingerprint density at radius 1 is 1.05 bits per heavy atom. The Balaban J connectivity index is 2.02. The van der Waals surface area contributed by atoms with Crippen molar-refractivity contribution in [2.75, 3.05) is 0 Å². The number of hydrogen-bond acceptors (Lipinski definition) is 1. The van der Waals surface area contributed by atoms with Crippen LogP contribution in [-0.4, -0.2) is 9.61 Å². The molecule has 21 heavy (non-hydrogen) atoms. The Hall–Kier alpha value is -1.36. The van der Waals surface area contributed by atoms with Gasteiger partial charge in [0.15, 0.2) is 0 Å². The van der Waals surface area contributed by atoms with Gasteiger partial charge < -0.3 is 0 Å². The first kappa shape index (κ1) is 14.6. The molecule has 0 N–H and O–H groups in total. The van der Waals surface area contributed by atoms with E-state index in [4.69, 9.17) is 5.10 Å². The van der Waals surface area contributed by atoms with E-state index in [0.717, 1.165) is 12.1 Å². The maximum atomic E-state index is 4.83. The number of fused-ring (bicyclic) bond motifs is 1. The summed E-state index contributed by atoms with van der Waals surface area (Å²) >= 11 is 2.42. The molecule has 2 aromatic heterocycles. The Morgan fingerprint density at radius 3 is 2.62 bits per heavy atom. The molecule has 0 unspecified atom stereocenters. The number of aryl methyl sites for hydroxylation is 1. The smallest absolute Gasteiger partial charge is 0.0933 e. The minimum Gasteiger partial charge on any atom is -0.236 e. The summed E-state index contributed by atoms with van der Waals surface area (Å²) in [6, 6.07) is 16.9. The SMILES string of the molecule is CCCCCc1c(I)ccc2cc(-c3ccccc3)nn12. The number of benzene rings is 1. The second-order valence-corrected chi connectivity index (χ2v) is 6.48. The van der Waals surface area contributed by atoms with Crippen LogP contribution in [0.15, 0.2) is 48.5 Å². The molecule has 1 aromatic carbocycles. The monoisotopic (exact) mass is 390 g/mol. The van der Waals surface area contributed by atoms with Crippen molar-refractivity contribution in [2.45, 2.75) is 32.6 Å². The van der Waals surface area contributed by atoms with E-state index in [1.165, 1.54) is 39.6 Å². The third-order valence-electron chi connectivity index (χ3n) is 3.76. The van der Waals surface area contributed by atoms with Crippen LogP contribution in [0, 0.1) is 3.57 Å². The summed E-state index contributed by atoms with van der Waals surface area (Å²) in [5.41, 5.74) is 4.74. The van der Waals surface area contributed by atoms with E-state index in [1.54, 1.807) is 0 Å². The molecule has 0 aliphatic rings. The van der Waals surface area contributed by atoms with E-state index in [2.05, 4.69) is 76.5 Å². The van der Waals surface area contributed by atoms with Gasteiger partial charge in [0.2, 0.25) is 0 Å². The summed E-state index contributed by atoms with van der Waals surface area (Å²) in [5, 5.41) is 4.83. The lowest BCUT2D eigenvalue weighted by molar-refractivity contribution is 0.689. The van der Waals surface area contributed by atoms with E-state index in [9.17, 15) is 0 Å². The lowest BCUT2D eigenvalue weighted by atomic mass is 10.1. The first-order valence-electron chi connectivity index (χ1n) is 7.52. The van der Waals surface area contributed by atoms with Gasteiger partial charge in [-0.25, -0.2) is 4.52 Å². The van der Waals surface area contributed by atoms with Crippen molar-refractivity contribution in [3.8, 4) is 11.3 Å². The molecule has 0 aliphatic heterocycles. The fourth-order valence-electron chi connectivity index (χ4n) is 2.60. The van der Waals surface area contributed by atoms with Crippen LogP contribution in [0.5, 0.6) is 0 Å². The number of halogens is 1. The van der Waals surface area contributed by atoms with Crippen LogP contribution in [0.4, 0.5) is 0 Å². The quantitative estimate of drug-likeness (QED) is 0.425. The normalized spacial score (nSPS) is 11.1. The van der Waals surface area contributed by atoms with Crippen molar-refractivity contribution in [1.82, 2.24) is 9.61 Å². The number of rotatable bonds is 5. The molecule has 2 nitrogen and oxygen atoms in total. The van der Waals surface area contributed by atoms with Crippen molar-refractivity contribution in [3.63, 3.8) is 0 Å². The van der Waals surface area contributed by atoms with Crippen LogP contribution in [0.1, 0.15) is 31.9 Å². The number of pyridine rings is 1. The van der Waals surface area contributed by atoms with Crippen LogP contribution in [-0.2, 0) is 6.42 Å². The van der Waals surface area contributed by atoms with E-state index in [0.29, 0.717) is 0 Å². The van der Waals surface area contributed by atoms with Gasteiger partial charge in [-0.05, 0) is 53.6 Å². The van der Waals surface area contributed by atoms with E-state index in [1.807, 2.05) is 6.07 Å². The van der Waals surface area contributed by atoms with E-state index in [-0.39, 0.29) is 0 Å². The molecule has 0 aliphatic carbocycles. The molecule has 0 saturated carbocycles. The zero-order valence-electron chi connectivity index (χ0n) is 12.2. The van der Waals surface area contributed by atoms with Crippen molar-refractivity contribution in [3.05, 3.63) is 57.8 Å². The van der Waals surface area contributed by atoms with Gasteiger partial charge >= 0.3 is 0 Å². The largest absolute Gasteiger partial charge is 0.236 e. The van der Waals surface area contributed by atoms with Crippen molar-refractivity contribution in [1.29, 1.82) is 0 Å². The predicted molar refractivity (Wildman–Crippen MR) is 96.6 cm³/mol. The molecule has 0 atom stereocenters. The molecular formula is C18H19IN2. The first-order chi connectivity index (χ1) is 10.3. The summed E-state index contributed by atoms with van der Waals surface area (Å²) in [7, 11) is 0. The molecule has 0 spiro atoms. The second-order valence-electron chi connectivity index (χ2n) is 5.32. The molecule has 0 saturated heterocycles. The highest BCUT2D eigenvalue weighted by Crippen LogP contribution is 2.23. The zero-order chi connectivity index (χ0) is 14.7. The summed E-state index contributed by atoms with van der Waals surface area (Å²) < 4.78 is 3.43. The molecular weight excluding hydrogens is 371 g/mol. The van der Waals surface area contributed by atoms with Crippen LogP contribution in [0.2, 0.25) is 0 Å². The van der Waals surface area contributed by atoms with Crippen LogP contribution in [0.3, 0.4) is 0 Å². The van der Waals surface area contributed by atoms with E-state index >= 15 is 0 Å². The fourth-order valence-corrected chi connectivity index (χ4v) is 3.28. The highest BCUT2D eigenvalue weighted by atomic mass is 127. The standard InChI is InChI=1S/C18H19IN2/c1-2-3-5-10-18-16(19)12-11-15-13-17(20-21(15)18)14-8-6-4-7-9-14/h4,6-9,11-13H,2-3,5,10H2,1H3. The molecule has 3 heteroatoms. The maximum absolute atomic E-state index is 4.83. The maximum Gasteiger partial charge on any atom is 0.0933 e. The summed E-state index contributed by atoms with van der Waals surface area (Å²) in [5.74, 6) is 0. The van der Waals surface area contributed by atoms with Gasteiger partial charge in [-0.2, -0.15) is 5.10 Å². The topological polar surface area (TPSA) is 17.3 Å². The molecule has 2 heterocycles. The number of nitrogens with zero attached hydrogens (tertiary/aromatic N) is 2. The molecule has 3 aromatic rings. The summed E-state index contributed by atoms with van der Waals surface area (Å²) in [4.78, 5) is 0. The molecule has 0 amide bonds. The van der Waals surface area contributed by atoms with Crippen molar-refractivity contribution >= 4 is 28.1 Å². The third kappa shape index (κ3) is 3.12. The lowest BCUT2D eigenvalue weighted by Crippen LogP contribution is -2.02. The Labute approximate surface area is 139 Å². The average Bonchev–Trinajstić information content (AvgIpc) is 2.95. The molecule has 108 valence electrons. The predicted octanol–water partition coefficient (Wildman–Crippen LogP) is 5.34. The highest BCUT2D eigenvalue weighted by Gasteiger charge is 2.10. The molecule has 3 rings (SSSR count). The number of aromatic nitrogens is 2. The molecule has 0 fully saturated rings. The van der Waals surface area contributed by atoms with Crippen molar-refractivity contribution in [2.24, 2.45) is 0 Å².